The van der Waals surface area contributed by atoms with Crippen LogP contribution in [-0.2, 0) is 28.6 Å². The van der Waals surface area contributed by atoms with Gasteiger partial charge < -0.3 is 14.2 Å². The molecule has 0 aromatic rings. The summed E-state index contributed by atoms with van der Waals surface area (Å²) in [5.74, 6) is -0.909. The largest absolute Gasteiger partial charge is 0.462 e. The summed E-state index contributed by atoms with van der Waals surface area (Å²) in [6.45, 7) is 6.49. The molecule has 0 N–H and O–H groups in total. The van der Waals surface area contributed by atoms with Crippen LogP contribution in [0.15, 0.2) is 60.8 Å². The van der Waals surface area contributed by atoms with E-state index >= 15 is 0 Å². The van der Waals surface area contributed by atoms with Gasteiger partial charge in [-0.15, -0.1) is 0 Å². The molecular formula is C57H100O6. The van der Waals surface area contributed by atoms with Crippen molar-refractivity contribution in [3.63, 3.8) is 0 Å². The molecule has 0 spiro atoms. The van der Waals surface area contributed by atoms with Gasteiger partial charge in [0.05, 0.1) is 0 Å². The molecule has 0 radical (unpaired) electrons. The Morgan fingerprint density at radius 3 is 1.02 bits per heavy atom. The van der Waals surface area contributed by atoms with Crippen molar-refractivity contribution in [2.24, 2.45) is 0 Å². The highest BCUT2D eigenvalue weighted by molar-refractivity contribution is 5.71. The monoisotopic (exact) mass is 881 g/mol. The van der Waals surface area contributed by atoms with Gasteiger partial charge in [0.1, 0.15) is 13.2 Å². The minimum atomic E-state index is -0.787. The summed E-state index contributed by atoms with van der Waals surface area (Å²) in [7, 11) is 0. The van der Waals surface area contributed by atoms with Crippen LogP contribution in [0.25, 0.3) is 0 Å². The average Bonchev–Trinajstić information content (AvgIpc) is 3.28. The molecule has 0 amide bonds. The Morgan fingerprint density at radius 1 is 0.333 bits per heavy atom. The molecule has 364 valence electrons. The number of allylic oxidation sites excluding steroid dienone is 10. The Labute approximate surface area is 390 Å². The lowest BCUT2D eigenvalue weighted by Crippen LogP contribution is -2.30. The van der Waals surface area contributed by atoms with Crippen molar-refractivity contribution in [3.05, 3.63) is 60.8 Å². The van der Waals surface area contributed by atoms with Crippen molar-refractivity contribution in [1.82, 2.24) is 0 Å². The number of hydrogen-bond acceptors (Lipinski definition) is 6. The smallest absolute Gasteiger partial charge is 0.306 e. The molecule has 6 nitrogen and oxygen atoms in total. The summed E-state index contributed by atoms with van der Waals surface area (Å²) in [4.78, 5) is 38.0. The van der Waals surface area contributed by atoms with Gasteiger partial charge in [-0.05, 0) is 64.2 Å². The first-order valence-corrected chi connectivity index (χ1v) is 26.8. The Morgan fingerprint density at radius 2 is 0.635 bits per heavy atom. The van der Waals surface area contributed by atoms with Gasteiger partial charge in [-0.1, -0.05) is 242 Å². The Kier molecular flexibility index (Phi) is 49.4. The van der Waals surface area contributed by atoms with E-state index in [4.69, 9.17) is 14.2 Å². The summed E-state index contributed by atoms with van der Waals surface area (Å²) in [5.41, 5.74) is 0. The van der Waals surface area contributed by atoms with Gasteiger partial charge in [0.25, 0.3) is 0 Å². The zero-order valence-electron chi connectivity index (χ0n) is 41.6. The highest BCUT2D eigenvalue weighted by Gasteiger charge is 2.19. The molecule has 0 aliphatic rings. The molecule has 0 rings (SSSR count). The van der Waals surface area contributed by atoms with Gasteiger partial charge in [-0.2, -0.15) is 0 Å². The van der Waals surface area contributed by atoms with Crippen LogP contribution in [0.2, 0.25) is 0 Å². The van der Waals surface area contributed by atoms with E-state index in [2.05, 4.69) is 63.3 Å². The summed E-state index contributed by atoms with van der Waals surface area (Å²) in [6, 6.07) is 0. The predicted molar refractivity (Wildman–Crippen MR) is 270 cm³/mol. The van der Waals surface area contributed by atoms with Crippen LogP contribution in [0.3, 0.4) is 0 Å². The lowest BCUT2D eigenvalue weighted by atomic mass is 10.0. The molecule has 0 aromatic carbocycles. The van der Waals surface area contributed by atoms with Crippen LogP contribution in [0.1, 0.15) is 265 Å². The molecule has 6 heteroatoms. The molecule has 0 bridgehead atoms. The number of unbranched alkanes of at least 4 members (excludes halogenated alkanes) is 30. The van der Waals surface area contributed by atoms with E-state index in [9.17, 15) is 14.4 Å². The number of hydrogen-bond donors (Lipinski definition) is 0. The fraction of sp³-hybridized carbons (Fsp3) is 0.772. The van der Waals surface area contributed by atoms with E-state index in [0.29, 0.717) is 19.3 Å². The molecule has 0 aromatic heterocycles. The molecular weight excluding hydrogens is 781 g/mol. The zero-order valence-corrected chi connectivity index (χ0v) is 41.6. The number of carbonyl (C=O) groups excluding carboxylic acids is 3. The van der Waals surface area contributed by atoms with Gasteiger partial charge in [-0.3, -0.25) is 14.4 Å². The number of ether oxygens (including phenoxy) is 3. The Balaban J connectivity index is 4.41. The average molecular weight is 881 g/mol. The molecule has 0 aliphatic heterocycles. The SMILES string of the molecule is CC\C=C/C=C\C=C/C=C\CCCCCCCC(=O)OC(COC(=O)CCCCCCC/C=C\CCCCCCCCC)COC(=O)CCCCCCCCCCCCCCCC. The second-order valence-corrected chi connectivity index (χ2v) is 17.9. The van der Waals surface area contributed by atoms with Crippen molar-refractivity contribution in [3.8, 4) is 0 Å². The zero-order chi connectivity index (χ0) is 45.8. The maximum Gasteiger partial charge on any atom is 0.306 e. The van der Waals surface area contributed by atoms with Crippen LogP contribution in [0.5, 0.6) is 0 Å². The van der Waals surface area contributed by atoms with Crippen molar-refractivity contribution >= 4 is 17.9 Å². The molecule has 63 heavy (non-hydrogen) atoms. The topological polar surface area (TPSA) is 78.9 Å². The molecule has 0 saturated heterocycles. The van der Waals surface area contributed by atoms with Crippen LogP contribution >= 0.6 is 0 Å². The fourth-order valence-corrected chi connectivity index (χ4v) is 7.57. The van der Waals surface area contributed by atoms with Gasteiger partial charge >= 0.3 is 17.9 Å². The lowest BCUT2D eigenvalue weighted by Gasteiger charge is -2.18. The summed E-state index contributed by atoms with van der Waals surface area (Å²) >= 11 is 0. The Bertz CT molecular complexity index is 1150. The van der Waals surface area contributed by atoms with E-state index < -0.39 is 6.10 Å². The highest BCUT2D eigenvalue weighted by atomic mass is 16.6. The quantitative estimate of drug-likeness (QED) is 0.0199. The first-order valence-electron chi connectivity index (χ1n) is 26.8. The van der Waals surface area contributed by atoms with E-state index in [1.165, 1.54) is 135 Å². The van der Waals surface area contributed by atoms with Crippen LogP contribution in [-0.4, -0.2) is 37.2 Å². The molecule has 0 aliphatic carbocycles. The minimum absolute atomic E-state index is 0.0845. The standard InChI is InChI=1S/C57H100O6/c1-4-7-10-13-16-19-22-25-28-30-32-35-38-41-44-47-50-56(59)62-53-54(52-61-55(58)49-46-43-40-37-34-31-27-24-21-18-15-12-9-6-3)63-57(60)51-48-45-42-39-36-33-29-26-23-20-17-14-11-8-5-2/h8,11,14,17,20,23,26,28-30,54H,4-7,9-10,12-13,15-16,18-19,21-22,24-25,27,31-53H2,1-3H3/b11-8-,17-14-,23-20-,29-26-,30-28-. The van der Waals surface area contributed by atoms with Crippen molar-refractivity contribution in [2.45, 2.75) is 271 Å². The second kappa shape index (κ2) is 51.7. The van der Waals surface area contributed by atoms with E-state index in [1.807, 2.05) is 18.2 Å². The maximum atomic E-state index is 12.8. The third-order valence-corrected chi connectivity index (χ3v) is 11.6. The third kappa shape index (κ3) is 50.0. The normalized spacial score (nSPS) is 12.5. The Hall–Kier alpha value is -2.89. The van der Waals surface area contributed by atoms with Crippen LogP contribution < -0.4 is 0 Å². The highest BCUT2D eigenvalue weighted by Crippen LogP contribution is 2.15. The maximum absolute atomic E-state index is 12.8. The third-order valence-electron chi connectivity index (χ3n) is 11.6. The van der Waals surface area contributed by atoms with Crippen LogP contribution in [0.4, 0.5) is 0 Å². The number of carbonyl (C=O) groups is 3. The summed E-state index contributed by atoms with van der Waals surface area (Å²) in [6.07, 6.45) is 63.4. The van der Waals surface area contributed by atoms with Gasteiger partial charge in [0.15, 0.2) is 6.10 Å². The minimum Gasteiger partial charge on any atom is -0.462 e. The number of rotatable bonds is 48. The molecule has 0 heterocycles. The van der Waals surface area contributed by atoms with E-state index in [-0.39, 0.29) is 31.1 Å². The summed E-state index contributed by atoms with van der Waals surface area (Å²) < 4.78 is 16.8. The molecule has 1 unspecified atom stereocenters. The second-order valence-electron chi connectivity index (χ2n) is 17.9. The van der Waals surface area contributed by atoms with Gasteiger partial charge in [-0.25, -0.2) is 0 Å². The fourth-order valence-electron chi connectivity index (χ4n) is 7.57. The first kappa shape index (κ1) is 60.1. The van der Waals surface area contributed by atoms with E-state index in [1.54, 1.807) is 0 Å². The molecule has 0 fully saturated rings. The number of esters is 3. The lowest BCUT2D eigenvalue weighted by molar-refractivity contribution is -0.167. The van der Waals surface area contributed by atoms with Gasteiger partial charge in [0, 0.05) is 19.3 Å². The van der Waals surface area contributed by atoms with Gasteiger partial charge in [0.2, 0.25) is 0 Å². The van der Waals surface area contributed by atoms with E-state index in [0.717, 1.165) is 89.9 Å². The van der Waals surface area contributed by atoms with Crippen LogP contribution in [0, 0.1) is 0 Å². The predicted octanol–water partition coefficient (Wildman–Crippen LogP) is 17.6. The van der Waals surface area contributed by atoms with Crippen molar-refractivity contribution in [2.75, 3.05) is 13.2 Å². The first-order chi connectivity index (χ1) is 31.0. The molecule has 1 atom stereocenters. The molecule has 0 saturated carbocycles. The summed E-state index contributed by atoms with van der Waals surface area (Å²) in [5, 5.41) is 0. The van der Waals surface area contributed by atoms with Crippen molar-refractivity contribution < 1.29 is 28.6 Å². The van der Waals surface area contributed by atoms with Crippen molar-refractivity contribution in [1.29, 1.82) is 0 Å².